The SMILES string of the molecule is CC(C)[C@H](NC(=O)CCOCCOCCOCCOCCNC(=O)COC1CCCCCC(N)=C1N(N)C(C)C)C(=O)N[C@@H](CCCNC(N)=O)C(=O)Nc1ccc(COC(=O)NCC(=O)NCOCC(N)=O)cc1. The van der Waals surface area contributed by atoms with Crippen LogP contribution in [-0.4, -0.2) is 169 Å². The van der Waals surface area contributed by atoms with E-state index in [1.807, 2.05) is 13.8 Å². The smallest absolute Gasteiger partial charge is 0.407 e. The van der Waals surface area contributed by atoms with Crippen LogP contribution in [0.25, 0.3) is 0 Å². The van der Waals surface area contributed by atoms with Crippen molar-refractivity contribution < 1.29 is 71.5 Å². The van der Waals surface area contributed by atoms with Crippen molar-refractivity contribution in [3.63, 3.8) is 0 Å². The quantitative estimate of drug-likeness (QED) is 0.0167. The number of hydrazine groups is 1. The maximum Gasteiger partial charge on any atom is 0.407 e. The van der Waals surface area contributed by atoms with Gasteiger partial charge >= 0.3 is 12.1 Å². The van der Waals surface area contributed by atoms with E-state index >= 15 is 0 Å². The summed E-state index contributed by atoms with van der Waals surface area (Å²) in [4.78, 5) is 98.1. The van der Waals surface area contributed by atoms with Gasteiger partial charge < -0.3 is 92.6 Å². The van der Waals surface area contributed by atoms with Crippen LogP contribution in [0.4, 0.5) is 15.3 Å². The van der Waals surface area contributed by atoms with Crippen LogP contribution in [0.5, 0.6) is 0 Å². The monoisotopic (exact) mass is 1070 g/mol. The van der Waals surface area contributed by atoms with Crippen molar-refractivity contribution in [3.8, 4) is 0 Å². The third-order valence-corrected chi connectivity index (χ3v) is 10.9. The van der Waals surface area contributed by atoms with Gasteiger partial charge in [0.2, 0.25) is 35.4 Å². The maximum atomic E-state index is 13.5. The lowest BCUT2D eigenvalue weighted by Gasteiger charge is -2.34. The normalized spacial score (nSPS) is 14.4. The molecule has 2 rings (SSSR count). The fourth-order valence-corrected chi connectivity index (χ4v) is 6.92. The predicted octanol–water partition coefficient (Wildman–Crippen LogP) is -0.823. The number of alkyl carbamates (subject to hydrolysis) is 1. The second-order valence-electron chi connectivity index (χ2n) is 17.8. The predicted molar refractivity (Wildman–Crippen MR) is 273 cm³/mol. The Kier molecular flexibility index (Phi) is 33.0. The van der Waals surface area contributed by atoms with E-state index in [4.69, 9.17) is 56.2 Å². The first-order valence-corrected chi connectivity index (χ1v) is 25.2. The molecule has 1 aromatic rings. The number of primary amides is 2. The van der Waals surface area contributed by atoms with Gasteiger partial charge in [-0.3, -0.25) is 28.8 Å². The lowest BCUT2D eigenvalue weighted by Crippen LogP contribution is -2.54. The Morgan fingerprint density at radius 2 is 1.35 bits per heavy atom. The molecule has 0 saturated heterocycles. The molecule has 1 unspecified atom stereocenters. The molecular formula is C48H82N12O15. The number of carbonyl (C=O) groups is 8. The second-order valence-corrected chi connectivity index (χ2v) is 17.8. The highest BCUT2D eigenvalue weighted by Gasteiger charge is 2.29. The summed E-state index contributed by atoms with van der Waals surface area (Å²) in [6.45, 7) is 8.68. The molecule has 0 heterocycles. The topological polar surface area (TPSA) is 393 Å². The van der Waals surface area contributed by atoms with E-state index in [9.17, 15) is 38.4 Å². The van der Waals surface area contributed by atoms with Crippen LogP contribution >= 0.6 is 0 Å². The van der Waals surface area contributed by atoms with Crippen LogP contribution in [0.2, 0.25) is 0 Å². The molecule has 27 nitrogen and oxygen atoms in total. The summed E-state index contributed by atoms with van der Waals surface area (Å²) in [7, 11) is 0. The summed E-state index contributed by atoms with van der Waals surface area (Å²) in [6, 6.07) is 3.50. The minimum atomic E-state index is -1.08. The van der Waals surface area contributed by atoms with Crippen LogP contribution in [0, 0.1) is 5.92 Å². The molecule has 15 N–H and O–H groups in total. The zero-order valence-electron chi connectivity index (χ0n) is 43.8. The van der Waals surface area contributed by atoms with Crippen LogP contribution in [-0.2, 0) is 68.5 Å². The highest BCUT2D eigenvalue weighted by molar-refractivity contribution is 5.98. The van der Waals surface area contributed by atoms with Crippen LogP contribution in [0.1, 0.15) is 84.6 Å². The number of hydrogen-bond donors (Lipinski definition) is 11. The van der Waals surface area contributed by atoms with E-state index in [1.165, 1.54) is 0 Å². The van der Waals surface area contributed by atoms with E-state index < -0.39 is 60.3 Å². The summed E-state index contributed by atoms with van der Waals surface area (Å²) in [5.74, 6) is 2.79. The van der Waals surface area contributed by atoms with Gasteiger partial charge in [-0.25, -0.2) is 15.4 Å². The largest absolute Gasteiger partial charge is 0.445 e. The van der Waals surface area contributed by atoms with Crippen LogP contribution in [0.3, 0.4) is 0 Å². The summed E-state index contributed by atoms with van der Waals surface area (Å²) >= 11 is 0. The molecule has 9 amide bonds. The Hall–Kier alpha value is -6.36. The van der Waals surface area contributed by atoms with Gasteiger partial charge in [0.05, 0.1) is 58.6 Å². The molecular weight excluding hydrogens is 985 g/mol. The minimum Gasteiger partial charge on any atom is -0.445 e. The second kappa shape index (κ2) is 38.2. The van der Waals surface area contributed by atoms with Gasteiger partial charge in [0, 0.05) is 36.9 Å². The first kappa shape index (κ1) is 64.8. The molecule has 0 aromatic heterocycles. The molecule has 0 radical (unpaired) electrons. The minimum absolute atomic E-state index is 0.0296. The van der Waals surface area contributed by atoms with Crippen molar-refractivity contribution in [2.24, 2.45) is 29.0 Å². The number of hydrogen-bond acceptors (Lipinski definition) is 18. The highest BCUT2D eigenvalue weighted by Crippen LogP contribution is 2.26. The van der Waals surface area contributed by atoms with E-state index in [1.54, 1.807) is 43.1 Å². The number of nitrogens with one attached hydrogen (secondary N) is 7. The van der Waals surface area contributed by atoms with Gasteiger partial charge in [0.15, 0.2) is 0 Å². The first-order valence-electron chi connectivity index (χ1n) is 25.2. The molecule has 1 aromatic carbocycles. The van der Waals surface area contributed by atoms with Crippen molar-refractivity contribution >= 4 is 53.3 Å². The number of nitrogens with zero attached hydrogens (tertiary/aromatic N) is 1. The molecule has 27 heteroatoms. The van der Waals surface area contributed by atoms with Gasteiger partial charge in [0.1, 0.15) is 51.3 Å². The summed E-state index contributed by atoms with van der Waals surface area (Å²) < 4.78 is 38.0. The van der Waals surface area contributed by atoms with Crippen molar-refractivity contribution in [2.45, 2.75) is 110 Å². The number of benzene rings is 1. The molecule has 0 fully saturated rings. The Morgan fingerprint density at radius 3 is 1.97 bits per heavy atom. The fourth-order valence-electron chi connectivity index (χ4n) is 6.92. The standard InChI is InChI=1S/C48H82N12O15/c1-32(2)43(46(66)58-37(10-8-17-54-47(51)67)45(65)57-35-14-12-34(13-15-35)28-75-48(68)55-27-41(63)56-31-73-29-39(50)61)59-40(62)16-19-69-21-23-71-25-26-72-24-22-70-20-18-53-42(64)30-74-38-11-7-5-6-9-36(49)44(38)60(52)33(3)4/h12-15,32-33,37-38,43H,5-11,16-31,49,52H2,1-4H3,(H2,50,61)(H,53,64)(H,55,68)(H,56,63)(H,57,65)(H,58,66)(H,59,62)(H3,51,54,67)/t37-,38?,43-/m0/s1. The van der Waals surface area contributed by atoms with Gasteiger partial charge in [0.25, 0.3) is 0 Å². The number of ether oxygens (including phenoxy) is 7. The Morgan fingerprint density at radius 1 is 0.693 bits per heavy atom. The lowest BCUT2D eigenvalue weighted by atomic mass is 9.98. The summed E-state index contributed by atoms with van der Waals surface area (Å²) in [5, 5.41) is 19.6. The van der Waals surface area contributed by atoms with Crippen molar-refractivity contribution in [3.05, 3.63) is 41.2 Å². The van der Waals surface area contributed by atoms with E-state index in [2.05, 4.69) is 37.2 Å². The molecule has 0 saturated carbocycles. The van der Waals surface area contributed by atoms with Crippen molar-refractivity contribution in [1.82, 2.24) is 36.9 Å². The summed E-state index contributed by atoms with van der Waals surface area (Å²) in [6.07, 6.45) is 3.59. The number of nitrogens with two attached hydrogens (primary N) is 4. The summed E-state index contributed by atoms with van der Waals surface area (Å²) in [5.41, 5.74) is 18.8. The Balaban J connectivity index is 1.65. The van der Waals surface area contributed by atoms with Gasteiger partial charge in [-0.2, -0.15) is 0 Å². The number of carbonyl (C=O) groups excluding carboxylic acids is 8. The average Bonchev–Trinajstić information content (AvgIpc) is 3.35. The molecule has 424 valence electrons. The maximum absolute atomic E-state index is 13.5. The van der Waals surface area contributed by atoms with Crippen molar-refractivity contribution in [2.75, 3.05) is 97.8 Å². The van der Waals surface area contributed by atoms with Gasteiger partial charge in [-0.15, -0.1) is 0 Å². The van der Waals surface area contributed by atoms with E-state index in [-0.39, 0.29) is 96.2 Å². The highest BCUT2D eigenvalue weighted by atomic mass is 16.6. The first-order chi connectivity index (χ1) is 35.9. The van der Waals surface area contributed by atoms with E-state index in [0.29, 0.717) is 56.5 Å². The number of allylic oxidation sites excluding steroid dienone is 1. The Labute approximate surface area is 438 Å². The van der Waals surface area contributed by atoms with Crippen molar-refractivity contribution in [1.29, 1.82) is 0 Å². The number of anilines is 1. The molecule has 0 aliphatic heterocycles. The molecule has 3 atom stereocenters. The number of urea groups is 1. The molecule has 75 heavy (non-hydrogen) atoms. The van der Waals surface area contributed by atoms with Crippen LogP contribution < -0.4 is 60.3 Å². The zero-order valence-corrected chi connectivity index (χ0v) is 43.8. The lowest BCUT2D eigenvalue weighted by molar-refractivity contribution is -0.132. The zero-order chi connectivity index (χ0) is 55.4. The number of amides is 9. The molecule has 0 bridgehead atoms. The van der Waals surface area contributed by atoms with E-state index in [0.717, 1.165) is 37.8 Å². The van der Waals surface area contributed by atoms with Gasteiger partial charge in [-0.1, -0.05) is 38.8 Å². The van der Waals surface area contributed by atoms with Crippen LogP contribution in [0.15, 0.2) is 35.7 Å². The average molecular weight is 1070 g/mol. The fraction of sp³-hybridized carbons (Fsp3) is 0.667. The third kappa shape index (κ3) is 30.0. The molecule has 0 spiro atoms. The number of rotatable bonds is 38. The molecule has 1 aliphatic carbocycles. The Bertz CT molecular complexity index is 1940. The molecule has 1 aliphatic rings. The van der Waals surface area contributed by atoms with Gasteiger partial charge in [-0.05, 0) is 69.6 Å². The third-order valence-electron chi connectivity index (χ3n) is 10.9.